The van der Waals surface area contributed by atoms with Gasteiger partial charge in [-0.2, -0.15) is 0 Å². The van der Waals surface area contributed by atoms with Gasteiger partial charge in [0.2, 0.25) is 0 Å². The molecule has 0 spiro atoms. The van der Waals surface area contributed by atoms with Gasteiger partial charge in [-0.15, -0.1) is 0 Å². The smallest absolute Gasteiger partial charge is 0.302 e. The molecule has 0 aromatic heterocycles. The Kier molecular flexibility index (Phi) is 6.50. The summed E-state index contributed by atoms with van der Waals surface area (Å²) in [5.74, 6) is 4.24. The predicted octanol–water partition coefficient (Wildman–Crippen LogP) is 7.88. The molecule has 4 aliphatic carbocycles. The summed E-state index contributed by atoms with van der Waals surface area (Å²) in [6.45, 7) is 13.8. The summed E-state index contributed by atoms with van der Waals surface area (Å²) in [5.41, 5.74) is 3.96. The largest absolute Gasteiger partial charge is 0.462 e. The summed E-state index contributed by atoms with van der Waals surface area (Å²) in [7, 11) is 0. The monoisotopic (exact) mass is 426 g/mol. The third-order valence-corrected chi connectivity index (χ3v) is 10.3. The van der Waals surface area contributed by atoms with Crippen molar-refractivity contribution in [1.82, 2.24) is 0 Å². The van der Waals surface area contributed by atoms with Gasteiger partial charge < -0.3 is 4.74 Å². The van der Waals surface area contributed by atoms with E-state index in [1.807, 2.05) is 0 Å². The van der Waals surface area contributed by atoms with Crippen molar-refractivity contribution in [3.05, 3.63) is 23.3 Å². The fraction of sp³-hybridized carbons (Fsp3) is 0.828. The molecule has 0 aliphatic heterocycles. The molecule has 31 heavy (non-hydrogen) atoms. The number of ether oxygens (including phenoxy) is 1. The fourth-order valence-corrected chi connectivity index (χ4v) is 8.77. The molecule has 0 amide bonds. The number of allylic oxidation sites excluding steroid dienone is 3. The summed E-state index contributed by atoms with van der Waals surface area (Å²) >= 11 is 0. The number of rotatable bonds is 5. The van der Waals surface area contributed by atoms with Crippen molar-refractivity contribution in [3.63, 3.8) is 0 Å². The minimum atomic E-state index is -0.118. The molecule has 2 heteroatoms. The lowest BCUT2D eigenvalue weighted by Gasteiger charge is -2.58. The zero-order chi connectivity index (χ0) is 22.4. The summed E-state index contributed by atoms with van der Waals surface area (Å²) in [6, 6.07) is 0. The number of carbonyl (C=O) groups excluding carboxylic acids is 1. The average Bonchev–Trinajstić information content (AvgIpc) is 3.05. The molecule has 174 valence electrons. The van der Waals surface area contributed by atoms with Gasteiger partial charge in [0.05, 0.1) is 0 Å². The molecule has 4 aliphatic rings. The van der Waals surface area contributed by atoms with Crippen LogP contribution in [0.4, 0.5) is 0 Å². The zero-order valence-corrected chi connectivity index (χ0v) is 21.0. The van der Waals surface area contributed by atoms with Gasteiger partial charge in [0.1, 0.15) is 6.10 Å². The van der Waals surface area contributed by atoms with Crippen LogP contribution in [0.2, 0.25) is 0 Å². The van der Waals surface area contributed by atoms with Crippen molar-refractivity contribution in [1.29, 1.82) is 0 Å². The van der Waals surface area contributed by atoms with Gasteiger partial charge in [0, 0.05) is 13.3 Å². The summed E-state index contributed by atoms with van der Waals surface area (Å²) in [6.07, 6.45) is 17.9. The molecular formula is C29H46O2. The molecule has 2 nitrogen and oxygen atoms in total. The van der Waals surface area contributed by atoms with E-state index < -0.39 is 0 Å². The molecule has 0 saturated heterocycles. The standard InChI is InChI=1S/C29H46O2/c1-19(2)8-7-9-20(3)25-12-13-26-24-11-10-22-18-23(31-21(4)30)14-16-28(22,5)27(24)15-17-29(25,26)6/h8,10,20,23-27H,7,9,11-18H2,1-6H3/t20-,23+,24+,25-,26+,27+,28+,29-/m1/s1. The summed E-state index contributed by atoms with van der Waals surface area (Å²) in [5, 5.41) is 0. The quantitative estimate of drug-likeness (QED) is 0.330. The van der Waals surface area contributed by atoms with Crippen molar-refractivity contribution in [3.8, 4) is 0 Å². The van der Waals surface area contributed by atoms with Gasteiger partial charge in [-0.1, -0.05) is 44.1 Å². The lowest BCUT2D eigenvalue weighted by molar-refractivity contribution is -0.148. The molecule has 0 N–H and O–H groups in total. The van der Waals surface area contributed by atoms with Crippen LogP contribution in [0.3, 0.4) is 0 Å². The number of esters is 1. The van der Waals surface area contributed by atoms with Crippen LogP contribution in [0.25, 0.3) is 0 Å². The third-order valence-electron chi connectivity index (χ3n) is 10.3. The topological polar surface area (TPSA) is 26.3 Å². The second kappa shape index (κ2) is 8.71. The zero-order valence-electron chi connectivity index (χ0n) is 21.0. The minimum Gasteiger partial charge on any atom is -0.462 e. The maximum atomic E-state index is 11.5. The van der Waals surface area contributed by atoms with Crippen LogP contribution >= 0.6 is 0 Å². The Bertz CT molecular complexity index is 744. The van der Waals surface area contributed by atoms with Gasteiger partial charge >= 0.3 is 5.97 Å². The van der Waals surface area contributed by atoms with E-state index in [0.717, 1.165) is 42.4 Å². The first kappa shape index (κ1) is 23.1. The van der Waals surface area contributed by atoms with E-state index >= 15 is 0 Å². The van der Waals surface area contributed by atoms with Gasteiger partial charge in [0.25, 0.3) is 0 Å². The Morgan fingerprint density at radius 3 is 2.61 bits per heavy atom. The maximum Gasteiger partial charge on any atom is 0.302 e. The van der Waals surface area contributed by atoms with Crippen molar-refractivity contribution >= 4 is 5.97 Å². The molecule has 8 atom stereocenters. The van der Waals surface area contributed by atoms with Crippen molar-refractivity contribution in [2.75, 3.05) is 0 Å². The van der Waals surface area contributed by atoms with E-state index in [9.17, 15) is 4.79 Å². The molecule has 4 rings (SSSR count). The highest BCUT2D eigenvalue weighted by Gasteiger charge is 2.59. The van der Waals surface area contributed by atoms with Crippen LogP contribution in [-0.4, -0.2) is 12.1 Å². The lowest BCUT2D eigenvalue weighted by atomic mass is 9.47. The normalized spacial score (nSPS) is 42.5. The maximum absolute atomic E-state index is 11.5. The van der Waals surface area contributed by atoms with E-state index in [2.05, 4.69) is 46.8 Å². The highest BCUT2D eigenvalue weighted by molar-refractivity contribution is 5.66. The third kappa shape index (κ3) is 4.18. The van der Waals surface area contributed by atoms with Gasteiger partial charge in [0.15, 0.2) is 0 Å². The lowest BCUT2D eigenvalue weighted by Crippen LogP contribution is -2.51. The minimum absolute atomic E-state index is 0.111. The molecule has 3 saturated carbocycles. The van der Waals surface area contributed by atoms with E-state index in [0.29, 0.717) is 10.8 Å². The molecule has 0 heterocycles. The Morgan fingerprint density at radius 1 is 1.13 bits per heavy atom. The number of hydrogen-bond donors (Lipinski definition) is 0. The summed E-state index contributed by atoms with van der Waals surface area (Å²) < 4.78 is 5.61. The van der Waals surface area contributed by atoms with Gasteiger partial charge in [-0.05, 0) is 112 Å². The van der Waals surface area contributed by atoms with Gasteiger partial charge in [-0.3, -0.25) is 4.79 Å². The van der Waals surface area contributed by atoms with Crippen LogP contribution in [0.1, 0.15) is 106 Å². The van der Waals surface area contributed by atoms with Crippen LogP contribution in [0.5, 0.6) is 0 Å². The first-order valence-electron chi connectivity index (χ1n) is 13.1. The van der Waals surface area contributed by atoms with Crippen LogP contribution in [0, 0.1) is 40.4 Å². The number of carbonyl (C=O) groups is 1. The molecular weight excluding hydrogens is 380 g/mol. The second-order valence-corrected chi connectivity index (χ2v) is 12.3. The Labute approximate surface area is 191 Å². The SMILES string of the molecule is CC(=O)O[C@H]1CC[C@@]2(C)C(=CC[C@H]3[C@@H]4CC[C@H]([C@H](C)CCC=C(C)C)[C@@]4(C)CC[C@@H]32)C1. The number of fused-ring (bicyclic) bond motifs is 5. The highest BCUT2D eigenvalue weighted by atomic mass is 16.5. The van der Waals surface area contributed by atoms with Crippen LogP contribution in [0.15, 0.2) is 23.3 Å². The van der Waals surface area contributed by atoms with E-state index in [1.165, 1.54) is 56.9 Å². The van der Waals surface area contributed by atoms with Gasteiger partial charge in [-0.25, -0.2) is 0 Å². The van der Waals surface area contributed by atoms with Crippen molar-refractivity contribution in [2.24, 2.45) is 40.4 Å². The molecule has 0 bridgehead atoms. The van der Waals surface area contributed by atoms with E-state index in [1.54, 1.807) is 12.5 Å². The van der Waals surface area contributed by atoms with E-state index in [4.69, 9.17) is 4.74 Å². The Morgan fingerprint density at radius 2 is 1.90 bits per heavy atom. The molecule has 0 unspecified atom stereocenters. The average molecular weight is 427 g/mol. The van der Waals surface area contributed by atoms with Crippen molar-refractivity contribution < 1.29 is 9.53 Å². The molecule has 0 aromatic rings. The molecule has 0 aromatic carbocycles. The first-order valence-corrected chi connectivity index (χ1v) is 13.1. The second-order valence-electron chi connectivity index (χ2n) is 12.3. The van der Waals surface area contributed by atoms with Crippen LogP contribution < -0.4 is 0 Å². The molecule has 0 radical (unpaired) electrons. The fourth-order valence-electron chi connectivity index (χ4n) is 8.77. The highest BCUT2D eigenvalue weighted by Crippen LogP contribution is 2.67. The Hall–Kier alpha value is -1.05. The molecule has 3 fully saturated rings. The number of hydrogen-bond acceptors (Lipinski definition) is 2. The predicted molar refractivity (Wildman–Crippen MR) is 129 cm³/mol. The van der Waals surface area contributed by atoms with Crippen LogP contribution in [-0.2, 0) is 9.53 Å². The first-order chi connectivity index (χ1) is 14.6. The Balaban J connectivity index is 1.48. The van der Waals surface area contributed by atoms with E-state index in [-0.39, 0.29) is 12.1 Å². The summed E-state index contributed by atoms with van der Waals surface area (Å²) in [4.78, 5) is 11.5. The van der Waals surface area contributed by atoms with Crippen molar-refractivity contribution in [2.45, 2.75) is 112 Å².